The minimum Gasteiger partial charge on any atom is -0.350 e. The normalized spacial score (nSPS) is 29.4. The van der Waals surface area contributed by atoms with Crippen molar-refractivity contribution in [1.82, 2.24) is 0 Å². The van der Waals surface area contributed by atoms with Gasteiger partial charge in [0.25, 0.3) is 10.1 Å². The number of hydrogen-bond acceptors (Lipinski definition) is 5. The molecule has 6 heteroatoms. The van der Waals surface area contributed by atoms with Crippen molar-refractivity contribution in [2.24, 2.45) is 0 Å². The quantitative estimate of drug-likeness (QED) is 0.616. The van der Waals surface area contributed by atoms with Crippen LogP contribution in [0.5, 0.6) is 0 Å². The average Bonchev–Trinajstić information content (AvgIpc) is 2.33. The van der Waals surface area contributed by atoms with E-state index >= 15 is 0 Å². The lowest BCUT2D eigenvalue weighted by Gasteiger charge is -2.07. The molecule has 0 aromatic rings. The van der Waals surface area contributed by atoms with Crippen LogP contribution in [0.25, 0.3) is 0 Å². The van der Waals surface area contributed by atoms with Crippen molar-refractivity contribution in [3.05, 3.63) is 0 Å². The molecular formula is C7H14O5S. The molecule has 0 amide bonds. The number of ether oxygens (including phenoxy) is 2. The lowest BCUT2D eigenvalue weighted by Crippen LogP contribution is -2.15. The zero-order chi connectivity index (χ0) is 9.90. The van der Waals surface area contributed by atoms with Gasteiger partial charge in [-0.2, -0.15) is 8.42 Å². The third-order valence-corrected chi connectivity index (χ3v) is 2.23. The Balaban J connectivity index is 2.14. The Morgan fingerprint density at radius 2 is 2.23 bits per heavy atom. The fourth-order valence-corrected chi connectivity index (χ4v) is 1.47. The van der Waals surface area contributed by atoms with E-state index < -0.39 is 10.1 Å². The van der Waals surface area contributed by atoms with Gasteiger partial charge in [0.1, 0.15) is 0 Å². The molecule has 0 aliphatic carbocycles. The van der Waals surface area contributed by atoms with Crippen LogP contribution in [0.4, 0.5) is 0 Å². The molecule has 1 saturated heterocycles. The topological polar surface area (TPSA) is 61.8 Å². The summed E-state index contributed by atoms with van der Waals surface area (Å²) in [5.41, 5.74) is 0. The molecule has 0 radical (unpaired) electrons. The first-order chi connectivity index (χ1) is 5.97. The molecule has 1 fully saturated rings. The molecule has 1 aliphatic rings. The van der Waals surface area contributed by atoms with Gasteiger partial charge in [-0.15, -0.1) is 0 Å². The molecule has 2 unspecified atom stereocenters. The van der Waals surface area contributed by atoms with Crippen LogP contribution < -0.4 is 0 Å². The molecule has 0 aromatic carbocycles. The smallest absolute Gasteiger partial charge is 0.264 e. The summed E-state index contributed by atoms with van der Waals surface area (Å²) in [6.45, 7) is 2.46. The van der Waals surface area contributed by atoms with Crippen molar-refractivity contribution in [1.29, 1.82) is 0 Å². The van der Waals surface area contributed by atoms with Crippen LogP contribution in [0.15, 0.2) is 0 Å². The van der Waals surface area contributed by atoms with E-state index in [1.807, 2.05) is 0 Å². The molecule has 0 saturated carbocycles. The number of hydrogen-bond donors (Lipinski definition) is 0. The minimum atomic E-state index is -3.33. The largest absolute Gasteiger partial charge is 0.350 e. The Labute approximate surface area is 78.1 Å². The van der Waals surface area contributed by atoms with Crippen LogP contribution in [-0.2, 0) is 23.8 Å². The van der Waals surface area contributed by atoms with Gasteiger partial charge in [0, 0.05) is 6.42 Å². The summed E-state index contributed by atoms with van der Waals surface area (Å²) in [6, 6.07) is 0. The molecule has 0 aromatic heterocycles. The van der Waals surface area contributed by atoms with E-state index in [2.05, 4.69) is 4.18 Å². The van der Waals surface area contributed by atoms with Crippen LogP contribution >= 0.6 is 0 Å². The summed E-state index contributed by atoms with van der Waals surface area (Å²) in [4.78, 5) is 0. The zero-order valence-corrected chi connectivity index (χ0v) is 8.54. The van der Waals surface area contributed by atoms with Gasteiger partial charge in [0.2, 0.25) is 0 Å². The van der Waals surface area contributed by atoms with E-state index in [9.17, 15) is 8.42 Å². The van der Waals surface area contributed by atoms with Gasteiger partial charge in [-0.3, -0.25) is 4.18 Å². The Bertz CT molecular complexity index is 248. The summed E-state index contributed by atoms with van der Waals surface area (Å²) in [6.07, 6.45) is 1.33. The van der Waals surface area contributed by atoms with E-state index in [4.69, 9.17) is 9.47 Å². The highest BCUT2D eigenvalue weighted by Crippen LogP contribution is 2.13. The molecule has 5 nitrogen and oxygen atoms in total. The zero-order valence-electron chi connectivity index (χ0n) is 7.73. The molecular weight excluding hydrogens is 196 g/mol. The first-order valence-electron chi connectivity index (χ1n) is 4.09. The Morgan fingerprint density at radius 3 is 2.69 bits per heavy atom. The highest BCUT2D eigenvalue weighted by Gasteiger charge is 2.22. The second-order valence-electron chi connectivity index (χ2n) is 2.97. The molecule has 1 aliphatic heterocycles. The molecule has 0 spiro atoms. The summed E-state index contributed by atoms with van der Waals surface area (Å²) >= 11 is 0. The maximum absolute atomic E-state index is 10.6. The fourth-order valence-electron chi connectivity index (χ4n) is 1.07. The fraction of sp³-hybridized carbons (Fsp3) is 1.00. The van der Waals surface area contributed by atoms with E-state index in [1.165, 1.54) is 0 Å². The lowest BCUT2D eigenvalue weighted by molar-refractivity contribution is -0.0445. The molecule has 1 heterocycles. The van der Waals surface area contributed by atoms with Crippen molar-refractivity contribution < 1.29 is 22.1 Å². The van der Waals surface area contributed by atoms with Gasteiger partial charge in [-0.25, -0.2) is 0 Å². The van der Waals surface area contributed by atoms with Crippen molar-refractivity contribution in [3.8, 4) is 0 Å². The second-order valence-corrected chi connectivity index (χ2v) is 4.62. The van der Waals surface area contributed by atoms with E-state index in [-0.39, 0.29) is 19.0 Å². The van der Waals surface area contributed by atoms with Gasteiger partial charge in [-0.1, -0.05) is 0 Å². The molecule has 13 heavy (non-hydrogen) atoms. The molecule has 0 bridgehead atoms. The SMILES string of the molecule is CC1OCC(CCOS(C)(=O)=O)O1. The Morgan fingerprint density at radius 1 is 1.54 bits per heavy atom. The van der Waals surface area contributed by atoms with E-state index in [0.717, 1.165) is 6.26 Å². The van der Waals surface area contributed by atoms with Crippen molar-refractivity contribution in [2.45, 2.75) is 25.7 Å². The maximum atomic E-state index is 10.6. The predicted octanol–water partition coefficient (Wildman–Crippen LogP) is 0.114. The monoisotopic (exact) mass is 210 g/mol. The summed E-state index contributed by atoms with van der Waals surface area (Å²) < 4.78 is 36.1. The summed E-state index contributed by atoms with van der Waals surface area (Å²) in [5.74, 6) is 0. The van der Waals surface area contributed by atoms with Crippen LogP contribution in [0.2, 0.25) is 0 Å². The summed E-state index contributed by atoms with van der Waals surface area (Å²) in [5, 5.41) is 0. The van der Waals surface area contributed by atoms with E-state index in [1.54, 1.807) is 6.92 Å². The predicted molar refractivity (Wildman–Crippen MR) is 45.7 cm³/mol. The van der Waals surface area contributed by atoms with Crippen LogP contribution in [0, 0.1) is 0 Å². The van der Waals surface area contributed by atoms with Gasteiger partial charge < -0.3 is 9.47 Å². The first-order valence-corrected chi connectivity index (χ1v) is 5.90. The van der Waals surface area contributed by atoms with Crippen LogP contribution in [-0.4, -0.2) is 40.3 Å². The lowest BCUT2D eigenvalue weighted by atomic mass is 10.3. The van der Waals surface area contributed by atoms with Crippen molar-refractivity contribution in [3.63, 3.8) is 0 Å². The highest BCUT2D eigenvalue weighted by molar-refractivity contribution is 7.85. The highest BCUT2D eigenvalue weighted by atomic mass is 32.2. The van der Waals surface area contributed by atoms with Gasteiger partial charge >= 0.3 is 0 Å². The molecule has 2 atom stereocenters. The minimum absolute atomic E-state index is 0.0447. The van der Waals surface area contributed by atoms with E-state index in [0.29, 0.717) is 13.0 Å². The van der Waals surface area contributed by atoms with Crippen molar-refractivity contribution in [2.75, 3.05) is 19.5 Å². The van der Waals surface area contributed by atoms with Crippen LogP contribution in [0.3, 0.4) is 0 Å². The first kappa shape index (κ1) is 10.9. The third-order valence-electron chi connectivity index (χ3n) is 1.64. The van der Waals surface area contributed by atoms with Gasteiger partial charge in [0.15, 0.2) is 6.29 Å². The average molecular weight is 210 g/mol. The molecule has 0 N–H and O–H groups in total. The summed E-state index contributed by atoms with van der Waals surface area (Å²) in [7, 11) is -3.33. The van der Waals surface area contributed by atoms with Crippen LogP contribution in [0.1, 0.15) is 13.3 Å². The standard InChI is InChI=1S/C7H14O5S/c1-6-10-5-7(12-6)3-4-11-13(2,8)9/h6-7H,3-5H2,1-2H3. The maximum Gasteiger partial charge on any atom is 0.264 e. The Hall–Kier alpha value is -0.170. The molecule has 78 valence electrons. The van der Waals surface area contributed by atoms with Crippen molar-refractivity contribution >= 4 is 10.1 Å². The van der Waals surface area contributed by atoms with Gasteiger partial charge in [0.05, 0.1) is 25.6 Å². The third kappa shape index (κ3) is 4.56. The second kappa shape index (κ2) is 4.36. The number of rotatable bonds is 4. The molecule has 1 rings (SSSR count). The van der Waals surface area contributed by atoms with Gasteiger partial charge in [-0.05, 0) is 6.92 Å². The Kier molecular flexibility index (Phi) is 3.66.